The standard InChI is InChI=1S/C32H50O3/c1-8-10-20-29(26(6)9-2)30(27(7)32(34)28-18-13-11-12-14-19-28)23-31(33)35-22-21-25(5)17-15-16-24(3)4/h8,10-12,16,18,20,25-27,30H,9,13-15,17,19,21-23H2,1-7H3. The van der Waals surface area contributed by atoms with Crippen molar-refractivity contribution in [3.63, 3.8) is 0 Å². The maximum absolute atomic E-state index is 13.5. The van der Waals surface area contributed by atoms with Crippen molar-refractivity contribution in [2.75, 3.05) is 6.61 Å². The first kappa shape index (κ1) is 30.9. The van der Waals surface area contributed by atoms with Crippen LogP contribution in [0.4, 0.5) is 0 Å². The first-order chi connectivity index (χ1) is 16.7. The summed E-state index contributed by atoms with van der Waals surface area (Å²) in [7, 11) is 0. The summed E-state index contributed by atoms with van der Waals surface area (Å²) in [6.45, 7) is 15.2. The molecule has 0 aromatic carbocycles. The zero-order valence-corrected chi connectivity index (χ0v) is 23.4. The van der Waals surface area contributed by atoms with E-state index in [2.05, 4.69) is 65.0 Å². The van der Waals surface area contributed by atoms with E-state index in [4.69, 9.17) is 4.74 Å². The van der Waals surface area contributed by atoms with Crippen LogP contribution in [0.2, 0.25) is 0 Å². The van der Waals surface area contributed by atoms with Gasteiger partial charge < -0.3 is 4.74 Å². The van der Waals surface area contributed by atoms with E-state index in [1.807, 2.05) is 26.0 Å². The molecule has 0 aliphatic heterocycles. The van der Waals surface area contributed by atoms with Crippen LogP contribution in [0.25, 0.3) is 0 Å². The van der Waals surface area contributed by atoms with E-state index in [0.29, 0.717) is 18.4 Å². The van der Waals surface area contributed by atoms with Gasteiger partial charge in [0.2, 0.25) is 0 Å². The van der Waals surface area contributed by atoms with Crippen LogP contribution in [0.3, 0.4) is 0 Å². The molecule has 0 fully saturated rings. The zero-order chi connectivity index (χ0) is 26.2. The topological polar surface area (TPSA) is 43.4 Å². The van der Waals surface area contributed by atoms with Crippen molar-refractivity contribution in [2.45, 2.75) is 99.8 Å². The van der Waals surface area contributed by atoms with Crippen LogP contribution in [-0.2, 0) is 14.3 Å². The number of hydrogen-bond donors (Lipinski definition) is 0. The maximum atomic E-state index is 13.5. The highest BCUT2D eigenvalue weighted by Gasteiger charge is 2.32. The summed E-state index contributed by atoms with van der Waals surface area (Å²) >= 11 is 0. The third kappa shape index (κ3) is 11.9. The van der Waals surface area contributed by atoms with Gasteiger partial charge in [-0.2, -0.15) is 0 Å². The Labute approximate surface area is 215 Å². The molecule has 196 valence electrons. The Kier molecular flexibility index (Phi) is 15.3. The van der Waals surface area contributed by atoms with E-state index >= 15 is 0 Å². The second-order valence-corrected chi connectivity index (χ2v) is 10.4. The molecule has 0 aromatic heterocycles. The number of esters is 1. The highest BCUT2D eigenvalue weighted by atomic mass is 16.5. The van der Waals surface area contributed by atoms with Crippen molar-refractivity contribution >= 4 is 11.8 Å². The fourth-order valence-electron chi connectivity index (χ4n) is 4.56. The molecule has 3 heteroatoms. The third-order valence-corrected chi connectivity index (χ3v) is 7.14. The summed E-state index contributed by atoms with van der Waals surface area (Å²) in [5, 5.41) is 0. The van der Waals surface area contributed by atoms with Gasteiger partial charge in [0.05, 0.1) is 13.0 Å². The molecule has 1 aliphatic rings. The Bertz CT molecular complexity index is 805. The molecule has 0 saturated heterocycles. The molecule has 0 heterocycles. The molecule has 0 bridgehead atoms. The Morgan fingerprint density at radius 2 is 1.86 bits per heavy atom. The van der Waals surface area contributed by atoms with Crippen LogP contribution >= 0.6 is 0 Å². The minimum Gasteiger partial charge on any atom is -0.466 e. The number of hydrogen-bond acceptors (Lipinski definition) is 3. The van der Waals surface area contributed by atoms with Gasteiger partial charge in [-0.25, -0.2) is 0 Å². The number of carbonyl (C=O) groups is 2. The van der Waals surface area contributed by atoms with Crippen molar-refractivity contribution < 1.29 is 14.3 Å². The fraction of sp³-hybridized carbons (Fsp3) is 0.625. The molecule has 4 unspecified atom stereocenters. The van der Waals surface area contributed by atoms with Gasteiger partial charge in [0.1, 0.15) is 0 Å². The van der Waals surface area contributed by atoms with Gasteiger partial charge in [-0.1, -0.05) is 81.4 Å². The first-order valence-corrected chi connectivity index (χ1v) is 13.7. The number of rotatable bonds is 15. The quantitative estimate of drug-likeness (QED) is 0.133. The van der Waals surface area contributed by atoms with Crippen LogP contribution in [0.1, 0.15) is 99.8 Å². The van der Waals surface area contributed by atoms with Gasteiger partial charge in [-0.3, -0.25) is 9.59 Å². The van der Waals surface area contributed by atoms with Gasteiger partial charge in [0.15, 0.2) is 5.78 Å². The SMILES string of the molecule is CC=CC=C(C(C)CC)C(CC(=O)OCCC(C)CCC=C(C)C)C(C)C(=O)C1=CCC=CCC1. The molecular formula is C32H50O3. The lowest BCUT2D eigenvalue weighted by Crippen LogP contribution is -2.29. The van der Waals surface area contributed by atoms with Crippen LogP contribution in [-0.4, -0.2) is 18.4 Å². The molecule has 0 radical (unpaired) electrons. The van der Waals surface area contributed by atoms with E-state index in [1.165, 1.54) is 11.1 Å². The molecule has 0 saturated carbocycles. The maximum Gasteiger partial charge on any atom is 0.306 e. The van der Waals surface area contributed by atoms with Gasteiger partial charge >= 0.3 is 5.97 Å². The first-order valence-electron chi connectivity index (χ1n) is 13.7. The highest BCUT2D eigenvalue weighted by Crippen LogP contribution is 2.34. The van der Waals surface area contributed by atoms with Crippen molar-refractivity contribution in [3.05, 3.63) is 59.3 Å². The summed E-state index contributed by atoms with van der Waals surface area (Å²) in [4.78, 5) is 26.5. The van der Waals surface area contributed by atoms with Gasteiger partial charge in [-0.05, 0) is 83.1 Å². The molecule has 0 aromatic rings. The molecule has 0 amide bonds. The Balaban J connectivity index is 2.94. The zero-order valence-electron chi connectivity index (χ0n) is 23.4. The highest BCUT2D eigenvalue weighted by molar-refractivity contribution is 5.97. The molecular weight excluding hydrogens is 432 g/mol. The van der Waals surface area contributed by atoms with Crippen molar-refractivity contribution in [2.24, 2.45) is 23.7 Å². The van der Waals surface area contributed by atoms with Gasteiger partial charge in [0.25, 0.3) is 0 Å². The molecule has 0 N–H and O–H groups in total. The molecule has 1 rings (SSSR count). The number of allylic oxidation sites excluding steroid dienone is 10. The van der Waals surface area contributed by atoms with Crippen LogP contribution in [0.15, 0.2) is 59.3 Å². The van der Waals surface area contributed by atoms with E-state index < -0.39 is 0 Å². The van der Waals surface area contributed by atoms with E-state index in [0.717, 1.165) is 50.5 Å². The minimum absolute atomic E-state index is 0.159. The van der Waals surface area contributed by atoms with Crippen LogP contribution in [0, 0.1) is 23.7 Å². The number of ketones is 1. The second kappa shape index (κ2) is 17.3. The fourth-order valence-corrected chi connectivity index (χ4v) is 4.56. The summed E-state index contributed by atoms with van der Waals surface area (Å²) < 4.78 is 5.70. The minimum atomic E-state index is -0.264. The van der Waals surface area contributed by atoms with E-state index in [1.54, 1.807) is 0 Å². The molecule has 0 spiro atoms. The molecule has 1 aliphatic carbocycles. The third-order valence-electron chi connectivity index (χ3n) is 7.14. The Morgan fingerprint density at radius 1 is 1.11 bits per heavy atom. The number of Topliss-reactive ketones (excluding diaryl/α,β-unsaturated/α-hetero) is 1. The monoisotopic (exact) mass is 482 g/mol. The van der Waals surface area contributed by atoms with Crippen molar-refractivity contribution in [1.82, 2.24) is 0 Å². The summed E-state index contributed by atoms with van der Waals surface area (Å²) in [6.07, 6.45) is 21.5. The van der Waals surface area contributed by atoms with E-state index in [-0.39, 0.29) is 30.0 Å². The van der Waals surface area contributed by atoms with Crippen molar-refractivity contribution in [3.8, 4) is 0 Å². The largest absolute Gasteiger partial charge is 0.466 e. The Hall–Kier alpha value is -2.16. The lowest BCUT2D eigenvalue weighted by atomic mass is 9.75. The predicted molar refractivity (Wildman–Crippen MR) is 149 cm³/mol. The summed E-state index contributed by atoms with van der Waals surface area (Å²) in [6, 6.07) is 0. The average Bonchev–Trinajstić information content (AvgIpc) is 3.11. The average molecular weight is 483 g/mol. The molecule has 35 heavy (non-hydrogen) atoms. The van der Waals surface area contributed by atoms with Gasteiger partial charge in [-0.15, -0.1) is 0 Å². The number of carbonyl (C=O) groups excluding carboxylic acids is 2. The lowest BCUT2D eigenvalue weighted by molar-refractivity contribution is -0.145. The predicted octanol–water partition coefficient (Wildman–Crippen LogP) is 8.73. The molecule has 3 nitrogen and oxygen atoms in total. The Morgan fingerprint density at radius 3 is 2.51 bits per heavy atom. The second-order valence-electron chi connectivity index (χ2n) is 10.4. The summed E-state index contributed by atoms with van der Waals surface area (Å²) in [5.74, 6) is 0.357. The van der Waals surface area contributed by atoms with Gasteiger partial charge in [0, 0.05) is 11.8 Å². The normalized spacial score (nSPS) is 17.8. The van der Waals surface area contributed by atoms with Crippen LogP contribution in [0.5, 0.6) is 0 Å². The number of ether oxygens (including phenoxy) is 1. The smallest absolute Gasteiger partial charge is 0.306 e. The summed E-state index contributed by atoms with van der Waals surface area (Å²) in [5.41, 5.74) is 3.42. The van der Waals surface area contributed by atoms with Crippen LogP contribution < -0.4 is 0 Å². The van der Waals surface area contributed by atoms with Crippen molar-refractivity contribution in [1.29, 1.82) is 0 Å². The molecule has 4 atom stereocenters. The van der Waals surface area contributed by atoms with E-state index in [9.17, 15) is 9.59 Å². The lowest BCUT2D eigenvalue weighted by Gasteiger charge is -2.29.